The van der Waals surface area contributed by atoms with E-state index in [4.69, 9.17) is 16.1 Å². The van der Waals surface area contributed by atoms with Crippen LogP contribution in [-0.4, -0.2) is 30.2 Å². The van der Waals surface area contributed by atoms with Crippen LogP contribution in [0.1, 0.15) is 27.4 Å². The summed E-state index contributed by atoms with van der Waals surface area (Å²) in [6.07, 6.45) is 0. The standard InChI is InChI=1S/C16H17ClN4O3/c1-9-12(10(2)24-20-9)8-19-15(22)11-3-4-13(17)14(7-11)21-6-5-18-16(21)23/h3-4,7H,5-6,8H2,1-2H3,(H,18,23)(H,19,22). The number of carbonyl (C=O) groups is 2. The quantitative estimate of drug-likeness (QED) is 0.888. The monoisotopic (exact) mass is 348 g/mol. The number of carbonyl (C=O) groups excluding carboxylic acids is 2. The molecular formula is C16H17ClN4O3. The summed E-state index contributed by atoms with van der Waals surface area (Å²) in [5.41, 5.74) is 2.56. The lowest BCUT2D eigenvalue weighted by Crippen LogP contribution is -2.29. The van der Waals surface area contributed by atoms with Gasteiger partial charge in [-0.3, -0.25) is 9.69 Å². The minimum absolute atomic E-state index is 0.217. The van der Waals surface area contributed by atoms with Crippen molar-refractivity contribution in [2.45, 2.75) is 20.4 Å². The Balaban J connectivity index is 1.77. The van der Waals surface area contributed by atoms with E-state index in [0.29, 0.717) is 41.7 Å². The Kier molecular flexibility index (Phi) is 4.44. The van der Waals surface area contributed by atoms with E-state index < -0.39 is 0 Å². The Hall–Kier alpha value is -2.54. The van der Waals surface area contributed by atoms with E-state index in [1.165, 1.54) is 4.90 Å². The molecule has 1 aromatic carbocycles. The zero-order valence-corrected chi connectivity index (χ0v) is 14.1. The Morgan fingerprint density at radius 2 is 2.25 bits per heavy atom. The van der Waals surface area contributed by atoms with Crippen LogP contribution in [0.3, 0.4) is 0 Å². The van der Waals surface area contributed by atoms with Gasteiger partial charge in [-0.15, -0.1) is 0 Å². The fraction of sp³-hybridized carbons (Fsp3) is 0.312. The lowest BCUT2D eigenvalue weighted by atomic mass is 10.1. The third kappa shape index (κ3) is 3.07. The SMILES string of the molecule is Cc1noc(C)c1CNC(=O)c1ccc(Cl)c(N2CCNC2=O)c1. The maximum Gasteiger partial charge on any atom is 0.322 e. The first kappa shape index (κ1) is 16.3. The molecule has 1 aromatic heterocycles. The molecule has 2 heterocycles. The Bertz CT molecular complexity index is 783. The van der Waals surface area contributed by atoms with Crippen LogP contribution in [0.25, 0.3) is 0 Å². The maximum absolute atomic E-state index is 12.4. The number of amides is 3. The van der Waals surface area contributed by atoms with Crippen LogP contribution in [0.15, 0.2) is 22.7 Å². The van der Waals surface area contributed by atoms with Crippen molar-refractivity contribution in [2.24, 2.45) is 0 Å². The summed E-state index contributed by atoms with van der Waals surface area (Å²) in [7, 11) is 0. The van der Waals surface area contributed by atoms with E-state index in [1.54, 1.807) is 25.1 Å². The number of benzene rings is 1. The van der Waals surface area contributed by atoms with Crippen LogP contribution in [0.4, 0.5) is 10.5 Å². The molecule has 0 atom stereocenters. The first-order valence-corrected chi connectivity index (χ1v) is 7.90. The van der Waals surface area contributed by atoms with Crippen molar-refractivity contribution in [3.8, 4) is 0 Å². The van der Waals surface area contributed by atoms with Gasteiger partial charge in [0.2, 0.25) is 0 Å². The van der Waals surface area contributed by atoms with Crippen molar-refractivity contribution >= 4 is 29.2 Å². The van der Waals surface area contributed by atoms with Gasteiger partial charge in [0.1, 0.15) is 5.76 Å². The van der Waals surface area contributed by atoms with Crippen LogP contribution < -0.4 is 15.5 Å². The molecule has 0 spiro atoms. The summed E-state index contributed by atoms with van der Waals surface area (Å²) in [6, 6.07) is 4.65. The summed E-state index contributed by atoms with van der Waals surface area (Å²) in [5.74, 6) is 0.422. The molecule has 0 unspecified atom stereocenters. The van der Waals surface area contributed by atoms with Gasteiger partial charge in [-0.05, 0) is 32.0 Å². The molecule has 24 heavy (non-hydrogen) atoms. The van der Waals surface area contributed by atoms with Gasteiger partial charge in [0, 0.05) is 30.8 Å². The second-order valence-electron chi connectivity index (χ2n) is 5.54. The number of hydrogen-bond acceptors (Lipinski definition) is 4. The highest BCUT2D eigenvalue weighted by molar-refractivity contribution is 6.34. The maximum atomic E-state index is 12.4. The number of rotatable bonds is 4. The number of hydrogen-bond donors (Lipinski definition) is 2. The van der Waals surface area contributed by atoms with E-state index >= 15 is 0 Å². The van der Waals surface area contributed by atoms with Crippen LogP contribution in [0, 0.1) is 13.8 Å². The topological polar surface area (TPSA) is 87.5 Å². The van der Waals surface area contributed by atoms with Crippen LogP contribution in [0.2, 0.25) is 5.02 Å². The molecule has 3 rings (SSSR count). The average molecular weight is 349 g/mol. The van der Waals surface area contributed by atoms with Crippen molar-refractivity contribution < 1.29 is 14.1 Å². The molecule has 0 bridgehead atoms. The Morgan fingerprint density at radius 3 is 2.88 bits per heavy atom. The van der Waals surface area contributed by atoms with Crippen molar-refractivity contribution in [2.75, 3.05) is 18.0 Å². The highest BCUT2D eigenvalue weighted by atomic mass is 35.5. The molecule has 2 aromatic rings. The van der Waals surface area contributed by atoms with E-state index in [2.05, 4.69) is 15.8 Å². The molecule has 126 valence electrons. The fourth-order valence-electron chi connectivity index (χ4n) is 2.59. The van der Waals surface area contributed by atoms with E-state index in [1.807, 2.05) is 6.92 Å². The van der Waals surface area contributed by atoms with Crippen molar-refractivity contribution in [3.63, 3.8) is 0 Å². The predicted octanol–water partition coefficient (Wildman–Crippen LogP) is 2.40. The number of halogens is 1. The number of anilines is 1. The minimum Gasteiger partial charge on any atom is -0.361 e. The van der Waals surface area contributed by atoms with Gasteiger partial charge in [0.15, 0.2) is 0 Å². The summed E-state index contributed by atoms with van der Waals surface area (Å²) < 4.78 is 5.08. The van der Waals surface area contributed by atoms with E-state index in [0.717, 1.165) is 11.3 Å². The second-order valence-corrected chi connectivity index (χ2v) is 5.94. The number of aromatic nitrogens is 1. The van der Waals surface area contributed by atoms with Gasteiger partial charge in [-0.2, -0.15) is 0 Å². The number of aryl methyl sites for hydroxylation is 2. The number of nitrogens with one attached hydrogen (secondary N) is 2. The molecule has 1 aliphatic heterocycles. The molecule has 1 aliphatic rings. The van der Waals surface area contributed by atoms with Gasteiger partial charge in [-0.25, -0.2) is 4.79 Å². The highest BCUT2D eigenvalue weighted by Gasteiger charge is 2.24. The summed E-state index contributed by atoms with van der Waals surface area (Å²) in [6.45, 7) is 5.01. The normalized spacial score (nSPS) is 14.0. The minimum atomic E-state index is -0.257. The zero-order valence-electron chi connectivity index (χ0n) is 13.4. The smallest absolute Gasteiger partial charge is 0.322 e. The molecule has 1 saturated heterocycles. The van der Waals surface area contributed by atoms with Crippen LogP contribution in [0.5, 0.6) is 0 Å². The number of urea groups is 1. The van der Waals surface area contributed by atoms with Crippen LogP contribution >= 0.6 is 11.6 Å². The van der Waals surface area contributed by atoms with Gasteiger partial charge < -0.3 is 15.2 Å². The molecule has 7 nitrogen and oxygen atoms in total. The van der Waals surface area contributed by atoms with E-state index in [9.17, 15) is 9.59 Å². The summed E-state index contributed by atoms with van der Waals surface area (Å²) >= 11 is 6.17. The van der Waals surface area contributed by atoms with Gasteiger partial charge in [-0.1, -0.05) is 16.8 Å². The lowest BCUT2D eigenvalue weighted by Gasteiger charge is -2.17. The van der Waals surface area contributed by atoms with Crippen molar-refractivity contribution in [1.82, 2.24) is 15.8 Å². The zero-order chi connectivity index (χ0) is 17.3. The first-order chi connectivity index (χ1) is 11.5. The summed E-state index contributed by atoms with van der Waals surface area (Å²) in [4.78, 5) is 25.7. The predicted molar refractivity (Wildman–Crippen MR) is 89.3 cm³/mol. The van der Waals surface area contributed by atoms with Gasteiger partial charge in [0.25, 0.3) is 5.91 Å². The third-order valence-corrected chi connectivity index (χ3v) is 4.28. The Morgan fingerprint density at radius 1 is 1.46 bits per heavy atom. The van der Waals surface area contributed by atoms with E-state index in [-0.39, 0.29) is 11.9 Å². The summed E-state index contributed by atoms with van der Waals surface area (Å²) in [5, 5.41) is 9.82. The molecule has 2 N–H and O–H groups in total. The molecule has 0 saturated carbocycles. The van der Waals surface area contributed by atoms with Crippen molar-refractivity contribution in [1.29, 1.82) is 0 Å². The van der Waals surface area contributed by atoms with Crippen LogP contribution in [-0.2, 0) is 6.54 Å². The molecular weight excluding hydrogens is 332 g/mol. The lowest BCUT2D eigenvalue weighted by molar-refractivity contribution is 0.0950. The Labute approximate surface area is 143 Å². The second kappa shape index (κ2) is 6.52. The van der Waals surface area contributed by atoms with Gasteiger partial charge >= 0.3 is 6.03 Å². The average Bonchev–Trinajstić information content (AvgIpc) is 3.12. The highest BCUT2D eigenvalue weighted by Crippen LogP contribution is 2.28. The molecule has 0 radical (unpaired) electrons. The first-order valence-electron chi connectivity index (χ1n) is 7.52. The number of nitrogens with zero attached hydrogens (tertiary/aromatic N) is 2. The van der Waals surface area contributed by atoms with Gasteiger partial charge in [0.05, 0.1) is 16.4 Å². The van der Waals surface area contributed by atoms with Crippen molar-refractivity contribution in [3.05, 3.63) is 45.8 Å². The fourth-order valence-corrected chi connectivity index (χ4v) is 2.81. The largest absolute Gasteiger partial charge is 0.361 e. The molecule has 8 heteroatoms. The molecule has 0 aliphatic carbocycles. The molecule has 1 fully saturated rings. The third-order valence-electron chi connectivity index (χ3n) is 3.96. The molecule has 3 amide bonds.